The average Bonchev–Trinajstić information content (AvgIpc) is 2.86. The molecule has 0 spiro atoms. The summed E-state index contributed by atoms with van der Waals surface area (Å²) in [5.74, 6) is -0.361. The summed E-state index contributed by atoms with van der Waals surface area (Å²) in [6.07, 6.45) is 1.79. The van der Waals surface area contributed by atoms with E-state index in [4.69, 9.17) is 11.6 Å². The fraction of sp³-hybridized carbons (Fsp3) is 0.462. The lowest BCUT2D eigenvalue weighted by atomic mass is 10.1. The van der Waals surface area contributed by atoms with Crippen LogP contribution in [0, 0.1) is 10.1 Å². The van der Waals surface area contributed by atoms with Crippen molar-refractivity contribution in [2.45, 2.75) is 18.9 Å². The van der Waals surface area contributed by atoms with Crippen molar-refractivity contribution in [3.63, 3.8) is 0 Å². The van der Waals surface area contributed by atoms with Gasteiger partial charge in [0.1, 0.15) is 5.56 Å². The molecule has 108 valence electrons. The summed E-state index contributed by atoms with van der Waals surface area (Å²) >= 11 is 6.00. The first-order valence-corrected chi connectivity index (χ1v) is 6.82. The third-order valence-electron chi connectivity index (χ3n) is 3.48. The number of likely N-dealkylation sites (N-methyl/N-ethyl adjacent to an activating group) is 1. The van der Waals surface area contributed by atoms with Gasteiger partial charge in [-0.05, 0) is 26.0 Å². The Kier molecular flexibility index (Phi) is 4.57. The number of carbonyl (C=O) groups excluding carboxylic acids is 1. The van der Waals surface area contributed by atoms with Gasteiger partial charge in [0.15, 0.2) is 0 Å². The summed E-state index contributed by atoms with van der Waals surface area (Å²) in [4.78, 5) is 24.8. The highest BCUT2D eigenvalue weighted by molar-refractivity contribution is 6.34. The Morgan fingerprint density at radius 3 is 3.00 bits per heavy atom. The summed E-state index contributed by atoms with van der Waals surface area (Å²) in [7, 11) is 1.82. The Morgan fingerprint density at radius 2 is 2.35 bits per heavy atom. The summed E-state index contributed by atoms with van der Waals surface area (Å²) in [6, 6.07) is 4.35. The van der Waals surface area contributed by atoms with E-state index in [2.05, 4.69) is 5.32 Å². The molecule has 1 aliphatic heterocycles. The van der Waals surface area contributed by atoms with E-state index in [0.29, 0.717) is 13.1 Å². The lowest BCUT2D eigenvalue weighted by Crippen LogP contribution is -2.41. The Morgan fingerprint density at radius 1 is 1.60 bits per heavy atom. The number of nitro benzene ring substituents is 1. The van der Waals surface area contributed by atoms with Gasteiger partial charge in [-0.1, -0.05) is 17.7 Å². The van der Waals surface area contributed by atoms with Crippen LogP contribution in [0.1, 0.15) is 23.2 Å². The van der Waals surface area contributed by atoms with E-state index in [1.54, 1.807) is 4.90 Å². The predicted octanol–water partition coefficient (Wildman–Crippen LogP) is 2.07. The molecular weight excluding hydrogens is 282 g/mol. The molecule has 0 radical (unpaired) electrons. The largest absolute Gasteiger partial charge is 0.334 e. The number of hydrogen-bond donors (Lipinski definition) is 1. The van der Waals surface area contributed by atoms with Gasteiger partial charge in [0.2, 0.25) is 0 Å². The molecule has 20 heavy (non-hydrogen) atoms. The maximum atomic E-state index is 12.6. The lowest BCUT2D eigenvalue weighted by molar-refractivity contribution is -0.385. The topological polar surface area (TPSA) is 75.5 Å². The number of halogens is 1. The van der Waals surface area contributed by atoms with Crippen LogP contribution in [0.5, 0.6) is 0 Å². The molecule has 1 amide bonds. The molecule has 1 fully saturated rings. The fourth-order valence-corrected chi connectivity index (χ4v) is 2.82. The fourth-order valence-electron chi connectivity index (χ4n) is 2.57. The average molecular weight is 298 g/mol. The number of hydrogen-bond acceptors (Lipinski definition) is 4. The summed E-state index contributed by atoms with van der Waals surface area (Å²) in [5.41, 5.74) is -0.250. The van der Waals surface area contributed by atoms with Gasteiger partial charge in [-0.3, -0.25) is 14.9 Å². The first-order chi connectivity index (χ1) is 9.56. The van der Waals surface area contributed by atoms with E-state index in [1.807, 2.05) is 7.05 Å². The van der Waals surface area contributed by atoms with Gasteiger partial charge >= 0.3 is 0 Å². The number of nitrogens with zero attached hydrogens (tertiary/aromatic N) is 2. The van der Waals surface area contributed by atoms with Crippen molar-refractivity contribution in [2.75, 3.05) is 20.1 Å². The van der Waals surface area contributed by atoms with E-state index < -0.39 is 4.92 Å². The van der Waals surface area contributed by atoms with Crippen LogP contribution < -0.4 is 5.32 Å². The van der Waals surface area contributed by atoms with Crippen molar-refractivity contribution in [3.05, 3.63) is 38.9 Å². The molecule has 7 heteroatoms. The number of nitrogens with one attached hydrogen (secondary N) is 1. The molecular formula is C13H16ClN3O3. The van der Waals surface area contributed by atoms with Crippen molar-refractivity contribution in [3.8, 4) is 0 Å². The van der Waals surface area contributed by atoms with Crippen LogP contribution in [0.25, 0.3) is 0 Å². The number of likely N-dealkylation sites (tertiary alicyclic amines) is 1. The number of benzene rings is 1. The highest BCUT2D eigenvalue weighted by Crippen LogP contribution is 2.30. The van der Waals surface area contributed by atoms with Crippen molar-refractivity contribution in [1.29, 1.82) is 0 Å². The molecule has 0 aliphatic carbocycles. The van der Waals surface area contributed by atoms with E-state index in [0.717, 1.165) is 12.8 Å². The van der Waals surface area contributed by atoms with Gasteiger partial charge in [0, 0.05) is 25.2 Å². The first-order valence-electron chi connectivity index (χ1n) is 6.44. The Balaban J connectivity index is 2.36. The van der Waals surface area contributed by atoms with Crippen molar-refractivity contribution in [1.82, 2.24) is 10.2 Å². The van der Waals surface area contributed by atoms with Crippen LogP contribution >= 0.6 is 11.6 Å². The third-order valence-corrected chi connectivity index (χ3v) is 3.79. The number of amides is 1. The Labute approximate surface area is 121 Å². The van der Waals surface area contributed by atoms with E-state index in [-0.39, 0.29) is 28.2 Å². The van der Waals surface area contributed by atoms with E-state index in [1.165, 1.54) is 18.2 Å². The van der Waals surface area contributed by atoms with E-state index >= 15 is 0 Å². The highest BCUT2D eigenvalue weighted by atomic mass is 35.5. The quantitative estimate of drug-likeness (QED) is 0.682. The monoisotopic (exact) mass is 297 g/mol. The van der Waals surface area contributed by atoms with Crippen LogP contribution in [-0.2, 0) is 0 Å². The Hall–Kier alpha value is -1.66. The molecule has 0 saturated carbocycles. The number of carbonyl (C=O) groups is 1. The summed E-state index contributed by atoms with van der Waals surface area (Å²) in [6.45, 7) is 1.28. The highest BCUT2D eigenvalue weighted by Gasteiger charge is 2.33. The Bertz CT molecular complexity index is 536. The minimum atomic E-state index is -0.567. The first kappa shape index (κ1) is 14.7. The predicted molar refractivity (Wildman–Crippen MR) is 76.1 cm³/mol. The molecule has 1 aromatic carbocycles. The number of rotatable bonds is 4. The normalized spacial score (nSPS) is 18.3. The minimum Gasteiger partial charge on any atom is -0.334 e. The van der Waals surface area contributed by atoms with Crippen LogP contribution in [0.2, 0.25) is 5.02 Å². The van der Waals surface area contributed by atoms with E-state index in [9.17, 15) is 14.9 Å². The van der Waals surface area contributed by atoms with Crippen molar-refractivity contribution >= 4 is 23.2 Å². The molecule has 6 nitrogen and oxygen atoms in total. The van der Waals surface area contributed by atoms with Gasteiger partial charge in [-0.2, -0.15) is 0 Å². The zero-order valence-electron chi connectivity index (χ0n) is 11.1. The SMILES string of the molecule is CNCC1CCCN1C(=O)c1c(Cl)cccc1[N+](=O)[O-]. The molecule has 1 aliphatic rings. The standard InChI is InChI=1S/C13H16ClN3O3/c1-15-8-9-4-3-7-16(9)13(18)12-10(14)5-2-6-11(12)17(19)20/h2,5-6,9,15H,3-4,7-8H2,1H3. The smallest absolute Gasteiger partial charge is 0.283 e. The molecule has 1 heterocycles. The molecule has 1 saturated heterocycles. The molecule has 1 N–H and O–H groups in total. The second kappa shape index (κ2) is 6.19. The lowest BCUT2D eigenvalue weighted by Gasteiger charge is -2.24. The van der Waals surface area contributed by atoms with Gasteiger partial charge < -0.3 is 10.2 Å². The third kappa shape index (κ3) is 2.76. The zero-order valence-corrected chi connectivity index (χ0v) is 11.9. The van der Waals surface area contributed by atoms with Gasteiger partial charge in [0.25, 0.3) is 11.6 Å². The van der Waals surface area contributed by atoms with Crippen molar-refractivity contribution in [2.24, 2.45) is 0 Å². The van der Waals surface area contributed by atoms with Gasteiger partial charge in [-0.25, -0.2) is 0 Å². The minimum absolute atomic E-state index is 0.0119. The molecule has 0 bridgehead atoms. The molecule has 2 rings (SSSR count). The molecule has 1 atom stereocenters. The molecule has 0 aromatic heterocycles. The maximum Gasteiger partial charge on any atom is 0.283 e. The maximum absolute atomic E-state index is 12.6. The zero-order chi connectivity index (χ0) is 14.7. The second-order valence-corrected chi connectivity index (χ2v) is 5.15. The van der Waals surface area contributed by atoms with Crippen molar-refractivity contribution < 1.29 is 9.72 Å². The molecule has 1 aromatic rings. The second-order valence-electron chi connectivity index (χ2n) is 4.74. The summed E-state index contributed by atoms with van der Waals surface area (Å²) in [5, 5.41) is 14.2. The van der Waals surface area contributed by atoms with Gasteiger partial charge in [0.05, 0.1) is 9.95 Å². The van der Waals surface area contributed by atoms with Crippen LogP contribution in [0.15, 0.2) is 18.2 Å². The molecule has 1 unspecified atom stereocenters. The van der Waals surface area contributed by atoms with Crippen LogP contribution in [0.4, 0.5) is 5.69 Å². The van der Waals surface area contributed by atoms with Crippen LogP contribution in [-0.4, -0.2) is 41.9 Å². The number of nitro groups is 1. The summed E-state index contributed by atoms with van der Waals surface area (Å²) < 4.78 is 0. The van der Waals surface area contributed by atoms with Gasteiger partial charge in [-0.15, -0.1) is 0 Å². The van der Waals surface area contributed by atoms with Crippen LogP contribution in [0.3, 0.4) is 0 Å².